The van der Waals surface area contributed by atoms with Gasteiger partial charge in [-0.1, -0.05) is 19.3 Å². The Kier molecular flexibility index (Phi) is 5.95. The van der Waals surface area contributed by atoms with E-state index in [-0.39, 0.29) is 22.1 Å². The number of rotatable bonds is 3. The number of pyridine rings is 1. The highest BCUT2D eigenvalue weighted by Crippen LogP contribution is 2.49. The Morgan fingerprint density at radius 2 is 1.90 bits per heavy atom. The highest BCUT2D eigenvalue weighted by molar-refractivity contribution is 7.89. The van der Waals surface area contributed by atoms with E-state index in [1.807, 2.05) is 4.90 Å². The molecule has 8 heteroatoms. The Hall–Kier alpha value is -1.51. The molecule has 1 spiro atoms. The molecule has 29 heavy (non-hydrogen) atoms. The van der Waals surface area contributed by atoms with E-state index in [2.05, 4.69) is 16.9 Å². The fourth-order valence-corrected chi connectivity index (χ4v) is 6.86. The maximum atomic E-state index is 13.6. The van der Waals surface area contributed by atoms with Gasteiger partial charge in [0.05, 0.1) is 5.92 Å². The lowest BCUT2D eigenvalue weighted by Gasteiger charge is -2.39. The van der Waals surface area contributed by atoms with Gasteiger partial charge >= 0.3 is 0 Å². The lowest BCUT2D eigenvalue weighted by Crippen LogP contribution is -2.45. The number of sulfonamides is 1. The normalized spacial score (nSPS) is 26.5. The summed E-state index contributed by atoms with van der Waals surface area (Å²) in [5.41, 5.74) is -0.219. The molecular formula is C21H32N4O3S. The summed E-state index contributed by atoms with van der Waals surface area (Å²) >= 11 is 0. The minimum atomic E-state index is -3.64. The molecule has 1 atom stereocenters. The molecule has 3 aliphatic rings. The Labute approximate surface area is 174 Å². The van der Waals surface area contributed by atoms with E-state index in [9.17, 15) is 13.2 Å². The predicted octanol–water partition coefficient (Wildman–Crippen LogP) is 1.82. The fraction of sp³-hybridized carbons (Fsp3) is 0.714. The second-order valence-electron chi connectivity index (χ2n) is 8.94. The van der Waals surface area contributed by atoms with Crippen molar-refractivity contribution >= 4 is 15.9 Å². The van der Waals surface area contributed by atoms with E-state index < -0.39 is 10.0 Å². The largest absolute Gasteiger partial charge is 0.341 e. The fourth-order valence-electron chi connectivity index (χ4n) is 5.34. The number of aromatic nitrogens is 1. The van der Waals surface area contributed by atoms with Gasteiger partial charge in [-0.2, -0.15) is 4.31 Å². The van der Waals surface area contributed by atoms with Crippen LogP contribution in [-0.2, 0) is 14.8 Å². The molecule has 1 aromatic rings. The van der Waals surface area contributed by atoms with Crippen molar-refractivity contribution in [2.75, 3.05) is 46.3 Å². The van der Waals surface area contributed by atoms with Gasteiger partial charge in [0.2, 0.25) is 15.9 Å². The molecule has 3 heterocycles. The van der Waals surface area contributed by atoms with Gasteiger partial charge in [0, 0.05) is 45.1 Å². The molecule has 0 radical (unpaired) electrons. The summed E-state index contributed by atoms with van der Waals surface area (Å²) in [6.07, 6.45) is 9.16. The van der Waals surface area contributed by atoms with Crippen molar-refractivity contribution in [2.24, 2.45) is 11.3 Å². The molecule has 1 amide bonds. The van der Waals surface area contributed by atoms with Crippen molar-refractivity contribution < 1.29 is 13.2 Å². The maximum absolute atomic E-state index is 13.6. The maximum Gasteiger partial charge on any atom is 0.244 e. The smallest absolute Gasteiger partial charge is 0.244 e. The van der Waals surface area contributed by atoms with E-state index in [1.165, 1.54) is 12.6 Å². The molecule has 0 aromatic carbocycles. The number of hydrogen-bond acceptors (Lipinski definition) is 5. The first-order valence-corrected chi connectivity index (χ1v) is 12.2. The molecule has 2 aliphatic heterocycles. The molecule has 1 aromatic heterocycles. The Morgan fingerprint density at radius 1 is 1.10 bits per heavy atom. The predicted molar refractivity (Wildman–Crippen MR) is 111 cm³/mol. The number of hydrogen-bond donors (Lipinski definition) is 0. The van der Waals surface area contributed by atoms with Gasteiger partial charge in [0.15, 0.2) is 0 Å². The van der Waals surface area contributed by atoms with E-state index in [0.717, 1.165) is 58.3 Å². The summed E-state index contributed by atoms with van der Waals surface area (Å²) in [6, 6.07) is 3.24. The highest BCUT2D eigenvalue weighted by Gasteiger charge is 2.54. The highest BCUT2D eigenvalue weighted by atomic mass is 32.2. The van der Waals surface area contributed by atoms with Crippen LogP contribution >= 0.6 is 0 Å². The molecule has 0 bridgehead atoms. The molecule has 2 saturated heterocycles. The van der Waals surface area contributed by atoms with Crippen LogP contribution in [-0.4, -0.2) is 79.7 Å². The number of amides is 1. The van der Waals surface area contributed by atoms with Crippen molar-refractivity contribution in [3.05, 3.63) is 24.5 Å². The van der Waals surface area contributed by atoms with Crippen molar-refractivity contribution in [1.82, 2.24) is 19.1 Å². The van der Waals surface area contributed by atoms with Gasteiger partial charge in [0.1, 0.15) is 4.90 Å². The SMILES string of the molecule is CN1CCCN(C(=O)[C@@H]2CN(S(=O)(=O)c3cccnc3)CC23CCCCC3)CC1. The van der Waals surface area contributed by atoms with E-state index in [0.29, 0.717) is 13.1 Å². The Balaban J connectivity index is 1.60. The molecule has 1 saturated carbocycles. The lowest BCUT2D eigenvalue weighted by molar-refractivity contribution is -0.139. The zero-order chi connectivity index (χ0) is 20.5. The summed E-state index contributed by atoms with van der Waals surface area (Å²) in [6.45, 7) is 4.13. The summed E-state index contributed by atoms with van der Waals surface area (Å²) in [4.78, 5) is 22.1. The summed E-state index contributed by atoms with van der Waals surface area (Å²) in [5.74, 6) is -0.0799. The Morgan fingerprint density at radius 3 is 2.62 bits per heavy atom. The summed E-state index contributed by atoms with van der Waals surface area (Å²) < 4.78 is 28.1. The summed E-state index contributed by atoms with van der Waals surface area (Å²) in [7, 11) is -1.54. The van der Waals surface area contributed by atoms with Crippen LogP contribution in [0.25, 0.3) is 0 Å². The van der Waals surface area contributed by atoms with Crippen LogP contribution in [0.1, 0.15) is 38.5 Å². The van der Waals surface area contributed by atoms with Crippen molar-refractivity contribution in [3.8, 4) is 0 Å². The van der Waals surface area contributed by atoms with Crippen molar-refractivity contribution in [2.45, 2.75) is 43.4 Å². The number of carbonyl (C=O) groups excluding carboxylic acids is 1. The van der Waals surface area contributed by atoms with E-state index in [1.54, 1.807) is 22.6 Å². The van der Waals surface area contributed by atoms with Crippen molar-refractivity contribution in [1.29, 1.82) is 0 Å². The molecule has 7 nitrogen and oxygen atoms in total. The third-order valence-corrected chi connectivity index (χ3v) is 8.86. The molecule has 0 N–H and O–H groups in total. The third-order valence-electron chi connectivity index (χ3n) is 7.07. The minimum absolute atomic E-state index is 0.158. The zero-order valence-electron chi connectivity index (χ0n) is 17.3. The van der Waals surface area contributed by atoms with Crippen LogP contribution in [0.5, 0.6) is 0 Å². The molecular weight excluding hydrogens is 388 g/mol. The first kappa shape index (κ1) is 20.8. The molecule has 3 fully saturated rings. The van der Waals surface area contributed by atoms with Crippen LogP contribution in [0.3, 0.4) is 0 Å². The zero-order valence-corrected chi connectivity index (χ0v) is 18.1. The number of likely N-dealkylation sites (N-methyl/N-ethyl adjacent to an activating group) is 1. The van der Waals surface area contributed by atoms with Crippen LogP contribution in [0, 0.1) is 11.3 Å². The van der Waals surface area contributed by atoms with E-state index >= 15 is 0 Å². The van der Waals surface area contributed by atoms with Crippen LogP contribution in [0.15, 0.2) is 29.4 Å². The first-order valence-electron chi connectivity index (χ1n) is 10.8. The topological polar surface area (TPSA) is 73.8 Å². The van der Waals surface area contributed by atoms with Crippen LogP contribution < -0.4 is 0 Å². The second kappa shape index (κ2) is 8.32. The van der Waals surface area contributed by atoms with Gasteiger partial charge in [-0.3, -0.25) is 9.78 Å². The van der Waals surface area contributed by atoms with Gasteiger partial charge in [-0.15, -0.1) is 0 Å². The van der Waals surface area contributed by atoms with Gasteiger partial charge in [0.25, 0.3) is 0 Å². The number of carbonyl (C=O) groups is 1. The molecule has 0 unspecified atom stereocenters. The van der Waals surface area contributed by atoms with Crippen LogP contribution in [0.2, 0.25) is 0 Å². The summed E-state index contributed by atoms with van der Waals surface area (Å²) in [5, 5.41) is 0. The molecule has 4 rings (SSSR count). The average Bonchev–Trinajstić information content (AvgIpc) is 2.95. The quantitative estimate of drug-likeness (QED) is 0.746. The van der Waals surface area contributed by atoms with Gasteiger partial charge in [-0.25, -0.2) is 8.42 Å². The van der Waals surface area contributed by atoms with Crippen molar-refractivity contribution in [3.63, 3.8) is 0 Å². The average molecular weight is 421 g/mol. The van der Waals surface area contributed by atoms with Crippen LogP contribution in [0.4, 0.5) is 0 Å². The third kappa shape index (κ3) is 4.07. The standard InChI is InChI=1S/C21H32N4O3S/c1-23-11-6-12-24(14-13-23)20(26)19-16-25(17-21(19)8-3-2-4-9-21)29(27,28)18-7-5-10-22-15-18/h5,7,10,15,19H,2-4,6,8-9,11-14,16-17H2,1H3/t19-/m0/s1. The minimum Gasteiger partial charge on any atom is -0.341 e. The molecule has 160 valence electrons. The number of nitrogens with zero attached hydrogens (tertiary/aromatic N) is 4. The van der Waals surface area contributed by atoms with Gasteiger partial charge in [-0.05, 0) is 50.4 Å². The Bertz CT molecular complexity index is 824. The lowest BCUT2D eigenvalue weighted by atomic mass is 9.67. The van der Waals surface area contributed by atoms with Gasteiger partial charge < -0.3 is 9.80 Å². The second-order valence-corrected chi connectivity index (χ2v) is 10.9. The monoisotopic (exact) mass is 420 g/mol. The molecule has 1 aliphatic carbocycles. The van der Waals surface area contributed by atoms with E-state index in [4.69, 9.17) is 0 Å². The first-order chi connectivity index (χ1) is 13.9.